The van der Waals surface area contributed by atoms with Crippen molar-refractivity contribution in [2.24, 2.45) is 0 Å². The Labute approximate surface area is 103 Å². The minimum absolute atomic E-state index is 0.0447. The van der Waals surface area contributed by atoms with Crippen LogP contribution < -0.4 is 5.56 Å². The molecule has 0 radical (unpaired) electrons. The van der Waals surface area contributed by atoms with Crippen molar-refractivity contribution in [3.8, 4) is 0 Å². The Hall–Kier alpha value is -1.68. The minimum Gasteiger partial charge on any atom is -0.298 e. The van der Waals surface area contributed by atoms with E-state index in [0.29, 0.717) is 10.9 Å². The van der Waals surface area contributed by atoms with Gasteiger partial charge >= 0.3 is 0 Å². The maximum absolute atomic E-state index is 12.2. The summed E-state index contributed by atoms with van der Waals surface area (Å²) in [6.45, 7) is 3.19. The molecule has 0 aliphatic carbocycles. The van der Waals surface area contributed by atoms with Crippen LogP contribution in [0.5, 0.6) is 0 Å². The van der Waals surface area contributed by atoms with E-state index in [1.165, 1.54) is 11.5 Å². The second-order valence-electron chi connectivity index (χ2n) is 3.94. The quantitative estimate of drug-likeness (QED) is 0.766. The molecular weight excluding hydrogens is 240 g/mol. The first-order valence-corrected chi connectivity index (χ1v) is 5.53. The van der Waals surface area contributed by atoms with Gasteiger partial charge in [0.05, 0.1) is 17.4 Å². The molecule has 17 heavy (non-hydrogen) atoms. The summed E-state index contributed by atoms with van der Waals surface area (Å²) >= 11 is 5.90. The molecule has 1 heterocycles. The van der Waals surface area contributed by atoms with E-state index in [0.717, 1.165) is 5.56 Å². The Morgan fingerprint density at radius 1 is 1.47 bits per heavy atom. The number of aromatic nitrogens is 2. The third-order valence-corrected chi connectivity index (χ3v) is 2.81. The van der Waals surface area contributed by atoms with Gasteiger partial charge in [0, 0.05) is 0 Å². The fourth-order valence-electron chi connectivity index (χ4n) is 1.76. The van der Waals surface area contributed by atoms with Crippen molar-refractivity contribution < 1.29 is 4.79 Å². The normalized spacial score (nSPS) is 10.8. The highest BCUT2D eigenvalue weighted by Gasteiger charge is 2.11. The Morgan fingerprint density at radius 3 is 2.82 bits per heavy atom. The minimum atomic E-state index is -0.270. The molecule has 1 aromatic heterocycles. The van der Waals surface area contributed by atoms with E-state index in [2.05, 4.69) is 4.98 Å². The van der Waals surface area contributed by atoms with Gasteiger partial charge in [-0.05, 0) is 37.1 Å². The summed E-state index contributed by atoms with van der Waals surface area (Å²) < 4.78 is 1.19. The topological polar surface area (TPSA) is 52.0 Å². The summed E-state index contributed by atoms with van der Waals surface area (Å²) in [6, 6.07) is 5.38. The van der Waals surface area contributed by atoms with Crippen molar-refractivity contribution in [2.75, 3.05) is 0 Å². The largest absolute Gasteiger partial charge is 0.298 e. The fourth-order valence-corrected chi connectivity index (χ4v) is 1.99. The molecule has 2 rings (SSSR count). The number of fused-ring (bicyclic) bond motifs is 1. The van der Waals surface area contributed by atoms with Crippen molar-refractivity contribution in [2.45, 2.75) is 20.4 Å². The zero-order valence-corrected chi connectivity index (χ0v) is 10.3. The predicted octanol–water partition coefficient (Wildman–Crippen LogP) is 1.95. The van der Waals surface area contributed by atoms with E-state index in [4.69, 9.17) is 11.6 Å². The molecule has 5 heteroatoms. The predicted molar refractivity (Wildman–Crippen MR) is 66.4 cm³/mol. The second-order valence-corrected chi connectivity index (χ2v) is 4.28. The fraction of sp³-hybridized carbons (Fsp3) is 0.250. The van der Waals surface area contributed by atoms with Gasteiger partial charge in [0.15, 0.2) is 0 Å². The number of Topliss-reactive ketones (excluding diaryl/α,β-unsaturated/α-hetero) is 1. The molecule has 0 unspecified atom stereocenters. The number of nitrogens with zero attached hydrogens (tertiary/aromatic N) is 2. The maximum atomic E-state index is 12.2. The van der Waals surface area contributed by atoms with Crippen molar-refractivity contribution in [3.63, 3.8) is 0 Å². The molecule has 0 amide bonds. The van der Waals surface area contributed by atoms with E-state index in [1.54, 1.807) is 6.07 Å². The first-order chi connectivity index (χ1) is 8.00. The van der Waals surface area contributed by atoms with Gasteiger partial charge < -0.3 is 0 Å². The average Bonchev–Trinajstić information content (AvgIpc) is 2.23. The van der Waals surface area contributed by atoms with Gasteiger partial charge in [-0.2, -0.15) is 0 Å². The molecule has 0 atom stereocenters. The molecule has 0 bridgehead atoms. The van der Waals surface area contributed by atoms with Crippen LogP contribution in [0.25, 0.3) is 10.9 Å². The van der Waals surface area contributed by atoms with Crippen LogP contribution in [-0.4, -0.2) is 15.3 Å². The molecule has 0 aliphatic rings. The number of hydrogen-bond donors (Lipinski definition) is 0. The Balaban J connectivity index is 2.83. The monoisotopic (exact) mass is 250 g/mol. The molecule has 0 saturated heterocycles. The molecule has 0 N–H and O–H groups in total. The van der Waals surface area contributed by atoms with Crippen molar-refractivity contribution in [3.05, 3.63) is 39.4 Å². The van der Waals surface area contributed by atoms with Crippen LogP contribution in [0.2, 0.25) is 5.28 Å². The van der Waals surface area contributed by atoms with Gasteiger partial charge in [-0.15, -0.1) is 0 Å². The van der Waals surface area contributed by atoms with Crippen LogP contribution in [0.1, 0.15) is 12.5 Å². The van der Waals surface area contributed by atoms with Gasteiger partial charge in [0.25, 0.3) is 5.56 Å². The summed E-state index contributed by atoms with van der Waals surface area (Å²) in [6.07, 6.45) is 0. The number of ketones is 1. The molecule has 0 aliphatic heterocycles. The summed E-state index contributed by atoms with van der Waals surface area (Å²) in [5, 5.41) is 0.557. The van der Waals surface area contributed by atoms with Gasteiger partial charge in [-0.3, -0.25) is 14.2 Å². The highest BCUT2D eigenvalue weighted by atomic mass is 35.5. The number of benzene rings is 1. The highest BCUT2D eigenvalue weighted by Crippen LogP contribution is 2.15. The van der Waals surface area contributed by atoms with E-state index in [1.807, 2.05) is 19.1 Å². The summed E-state index contributed by atoms with van der Waals surface area (Å²) in [5.74, 6) is -0.135. The van der Waals surface area contributed by atoms with Gasteiger partial charge in [-0.1, -0.05) is 12.1 Å². The van der Waals surface area contributed by atoms with E-state index >= 15 is 0 Å². The Bertz CT molecular complexity index is 661. The van der Waals surface area contributed by atoms with Gasteiger partial charge in [0.1, 0.15) is 5.78 Å². The van der Waals surface area contributed by atoms with Crippen LogP contribution in [0.4, 0.5) is 0 Å². The van der Waals surface area contributed by atoms with Crippen molar-refractivity contribution >= 4 is 28.3 Å². The van der Waals surface area contributed by atoms with E-state index < -0.39 is 0 Å². The first-order valence-electron chi connectivity index (χ1n) is 5.16. The van der Waals surface area contributed by atoms with Crippen molar-refractivity contribution in [1.29, 1.82) is 0 Å². The smallest absolute Gasteiger partial charge is 0.263 e. The lowest BCUT2D eigenvalue weighted by molar-refractivity contribution is -0.117. The second kappa shape index (κ2) is 4.30. The van der Waals surface area contributed by atoms with Gasteiger partial charge in [0.2, 0.25) is 5.28 Å². The Kier molecular flexibility index (Phi) is 2.98. The van der Waals surface area contributed by atoms with Crippen LogP contribution in [-0.2, 0) is 11.3 Å². The summed E-state index contributed by atoms with van der Waals surface area (Å²) in [5.41, 5.74) is 1.11. The van der Waals surface area contributed by atoms with Crippen molar-refractivity contribution in [1.82, 2.24) is 9.55 Å². The molecule has 0 spiro atoms. The molecule has 2 aromatic rings. The molecule has 1 aromatic carbocycles. The van der Waals surface area contributed by atoms with Crippen LogP contribution in [0, 0.1) is 6.92 Å². The standard InChI is InChI=1S/C12H11ClN2O2/c1-7-4-3-5-9-10(7)11(17)15(6-8(2)16)12(13)14-9/h3-5H,6H2,1-2H3. The SMILES string of the molecule is CC(=O)Cn1c(Cl)nc2cccc(C)c2c1=O. The van der Waals surface area contributed by atoms with Crippen LogP contribution in [0.3, 0.4) is 0 Å². The number of rotatable bonds is 2. The third kappa shape index (κ3) is 2.08. The van der Waals surface area contributed by atoms with Crippen LogP contribution in [0.15, 0.2) is 23.0 Å². The lowest BCUT2D eigenvalue weighted by atomic mass is 10.1. The van der Waals surface area contributed by atoms with E-state index in [-0.39, 0.29) is 23.2 Å². The maximum Gasteiger partial charge on any atom is 0.263 e. The highest BCUT2D eigenvalue weighted by molar-refractivity contribution is 6.28. The van der Waals surface area contributed by atoms with Gasteiger partial charge in [-0.25, -0.2) is 4.98 Å². The third-order valence-electron chi connectivity index (χ3n) is 2.53. The molecule has 0 saturated carbocycles. The number of aryl methyl sites for hydroxylation is 1. The van der Waals surface area contributed by atoms with Crippen LogP contribution >= 0.6 is 11.6 Å². The number of carbonyl (C=O) groups is 1. The van der Waals surface area contributed by atoms with E-state index in [9.17, 15) is 9.59 Å². The lowest BCUT2D eigenvalue weighted by Crippen LogP contribution is -2.25. The molecule has 88 valence electrons. The molecular formula is C12H11ClN2O2. The number of hydrogen-bond acceptors (Lipinski definition) is 3. The molecule has 0 fully saturated rings. The number of halogens is 1. The average molecular weight is 251 g/mol. The zero-order chi connectivity index (χ0) is 12.6. The first kappa shape index (κ1) is 11.8. The summed E-state index contributed by atoms with van der Waals surface area (Å²) in [7, 11) is 0. The lowest BCUT2D eigenvalue weighted by Gasteiger charge is -2.08. The number of carbonyl (C=O) groups excluding carboxylic acids is 1. The molecule has 4 nitrogen and oxygen atoms in total. The zero-order valence-electron chi connectivity index (χ0n) is 9.53. The Morgan fingerprint density at radius 2 is 2.18 bits per heavy atom. The summed E-state index contributed by atoms with van der Waals surface area (Å²) in [4.78, 5) is 27.4.